The van der Waals surface area contributed by atoms with Gasteiger partial charge in [0.05, 0.1) is 0 Å². The summed E-state index contributed by atoms with van der Waals surface area (Å²) in [7, 11) is 0. The van der Waals surface area contributed by atoms with Crippen molar-refractivity contribution in [3.63, 3.8) is 0 Å². The van der Waals surface area contributed by atoms with Crippen LogP contribution < -0.4 is 0 Å². The van der Waals surface area contributed by atoms with Crippen molar-refractivity contribution in [1.29, 1.82) is 0 Å². The molecular formula is C40H62O2S. The monoisotopic (exact) mass is 606 g/mol. The van der Waals surface area contributed by atoms with Crippen LogP contribution in [0.5, 0.6) is 11.5 Å². The van der Waals surface area contributed by atoms with Crippen LogP contribution in [0.15, 0.2) is 34.1 Å². The third-order valence-corrected chi connectivity index (χ3v) is 10.9. The van der Waals surface area contributed by atoms with Gasteiger partial charge in [-0.2, -0.15) is 0 Å². The summed E-state index contributed by atoms with van der Waals surface area (Å²) in [5.74, 6) is 1.92. The highest BCUT2D eigenvalue weighted by atomic mass is 32.2. The summed E-state index contributed by atoms with van der Waals surface area (Å²) in [4.78, 5) is 2.44. The molecule has 2 aliphatic carbocycles. The van der Waals surface area contributed by atoms with Gasteiger partial charge < -0.3 is 10.2 Å². The number of phenolic OH excluding ortho intramolecular Hbond substituents is 2. The molecule has 4 rings (SSSR count). The third-order valence-electron chi connectivity index (χ3n) is 9.95. The number of aromatic hydroxyl groups is 2. The standard InChI is InChI=1S/C40H62O2S/c1-37(2,3)25-39(7,8)33-23-29(21-31(35(33)41)27-17-13-11-14-18-27)43-30-22-32(28-19-15-12-16-20-28)36(42)34(24-30)40(9,10)26-38(4,5)6/h21-24,27-28,41-42H,11-20,25-26H2,1-10H3. The van der Waals surface area contributed by atoms with Gasteiger partial charge in [0, 0.05) is 20.9 Å². The maximum Gasteiger partial charge on any atom is 0.122 e. The molecule has 43 heavy (non-hydrogen) atoms. The molecule has 0 saturated heterocycles. The highest BCUT2D eigenvalue weighted by Gasteiger charge is 2.34. The molecule has 0 amide bonds. The SMILES string of the molecule is CC(C)(C)CC(C)(C)c1cc(Sc2cc(C3CCCCC3)c(O)c(C(C)(C)CC(C)(C)C)c2)cc(C2CCCCC2)c1O. The molecule has 0 bridgehead atoms. The Morgan fingerprint density at radius 1 is 0.535 bits per heavy atom. The van der Waals surface area contributed by atoms with Gasteiger partial charge in [-0.3, -0.25) is 0 Å². The van der Waals surface area contributed by atoms with E-state index in [9.17, 15) is 10.2 Å². The molecule has 2 aromatic carbocycles. The quantitative estimate of drug-likeness (QED) is 0.314. The Bertz CT molecular complexity index is 1150. The van der Waals surface area contributed by atoms with Crippen molar-refractivity contribution in [3.8, 4) is 11.5 Å². The molecule has 2 saturated carbocycles. The molecule has 2 aliphatic rings. The van der Waals surface area contributed by atoms with E-state index < -0.39 is 0 Å². The van der Waals surface area contributed by atoms with Gasteiger partial charge >= 0.3 is 0 Å². The maximum absolute atomic E-state index is 11.8. The molecule has 0 aliphatic heterocycles. The number of benzene rings is 2. The van der Waals surface area contributed by atoms with E-state index in [0.29, 0.717) is 23.3 Å². The molecule has 2 nitrogen and oxygen atoms in total. The molecule has 3 heteroatoms. The van der Waals surface area contributed by atoms with Gasteiger partial charge in [-0.25, -0.2) is 0 Å². The second kappa shape index (κ2) is 13.0. The van der Waals surface area contributed by atoms with E-state index in [0.717, 1.165) is 60.8 Å². The van der Waals surface area contributed by atoms with Gasteiger partial charge in [-0.15, -0.1) is 0 Å². The Labute approximate surface area is 268 Å². The molecule has 0 spiro atoms. The van der Waals surface area contributed by atoms with Crippen molar-refractivity contribution in [1.82, 2.24) is 0 Å². The van der Waals surface area contributed by atoms with Gasteiger partial charge in [0.2, 0.25) is 0 Å². The molecule has 0 heterocycles. The fourth-order valence-corrected chi connectivity index (χ4v) is 9.83. The van der Waals surface area contributed by atoms with Crippen LogP contribution >= 0.6 is 11.8 Å². The first-order valence-corrected chi connectivity index (χ1v) is 18.1. The molecule has 2 aromatic rings. The number of hydrogen-bond acceptors (Lipinski definition) is 3. The molecule has 2 fully saturated rings. The summed E-state index contributed by atoms with van der Waals surface area (Å²) in [6.45, 7) is 23.0. The Morgan fingerprint density at radius 2 is 0.860 bits per heavy atom. The predicted octanol–water partition coefficient (Wildman–Crippen LogP) is 12.8. The van der Waals surface area contributed by atoms with E-state index in [1.807, 2.05) is 11.8 Å². The normalized spacial score (nSPS) is 18.3. The van der Waals surface area contributed by atoms with Crippen LogP contribution in [0.3, 0.4) is 0 Å². The van der Waals surface area contributed by atoms with Crippen LogP contribution in [0.1, 0.15) is 180 Å². The fraction of sp³-hybridized carbons (Fsp3) is 0.700. The molecule has 240 valence electrons. The maximum atomic E-state index is 11.8. The van der Waals surface area contributed by atoms with Gasteiger partial charge in [0.1, 0.15) is 11.5 Å². The van der Waals surface area contributed by atoms with Gasteiger partial charge in [0.25, 0.3) is 0 Å². The molecule has 0 unspecified atom stereocenters. The fourth-order valence-electron chi connectivity index (χ4n) is 8.84. The second-order valence-electron chi connectivity index (χ2n) is 17.8. The van der Waals surface area contributed by atoms with E-state index in [1.54, 1.807) is 0 Å². The largest absolute Gasteiger partial charge is 0.507 e. The van der Waals surface area contributed by atoms with Crippen LogP contribution in [0.4, 0.5) is 0 Å². The molecule has 0 aromatic heterocycles. The van der Waals surface area contributed by atoms with Crippen LogP contribution in [0, 0.1) is 10.8 Å². The molecule has 0 radical (unpaired) electrons. The summed E-state index contributed by atoms with van der Waals surface area (Å²) in [5, 5.41) is 23.7. The van der Waals surface area contributed by atoms with Gasteiger partial charge in [-0.05, 0) is 107 Å². The zero-order valence-electron chi connectivity index (χ0n) is 29.3. The molecule has 2 N–H and O–H groups in total. The first kappa shape index (κ1) is 34.3. The molecule has 0 atom stereocenters. The lowest BCUT2D eigenvalue weighted by atomic mass is 9.71. The minimum atomic E-state index is -0.148. The van der Waals surface area contributed by atoms with E-state index in [1.165, 1.54) is 48.3 Å². The van der Waals surface area contributed by atoms with Crippen molar-refractivity contribution < 1.29 is 10.2 Å². The van der Waals surface area contributed by atoms with Crippen molar-refractivity contribution in [3.05, 3.63) is 46.5 Å². The second-order valence-corrected chi connectivity index (χ2v) is 19.0. The lowest BCUT2D eigenvalue weighted by molar-refractivity contribution is 0.276. The number of rotatable bonds is 8. The highest BCUT2D eigenvalue weighted by molar-refractivity contribution is 7.99. The topological polar surface area (TPSA) is 40.5 Å². The Hall–Kier alpha value is -1.61. The average molecular weight is 607 g/mol. The Kier molecular flexibility index (Phi) is 10.4. The van der Waals surface area contributed by atoms with Crippen LogP contribution in [0.25, 0.3) is 0 Å². The summed E-state index contributed by atoms with van der Waals surface area (Å²) in [5.41, 5.74) is 4.50. The number of phenols is 2. The van der Waals surface area contributed by atoms with E-state index in [4.69, 9.17) is 0 Å². The summed E-state index contributed by atoms with van der Waals surface area (Å²) in [6, 6.07) is 9.18. The lowest BCUT2D eigenvalue weighted by Gasteiger charge is -2.35. The van der Waals surface area contributed by atoms with E-state index >= 15 is 0 Å². The van der Waals surface area contributed by atoms with Crippen molar-refractivity contribution in [2.24, 2.45) is 10.8 Å². The summed E-state index contributed by atoms with van der Waals surface area (Å²) >= 11 is 1.84. The van der Waals surface area contributed by atoms with Crippen LogP contribution in [0.2, 0.25) is 0 Å². The third kappa shape index (κ3) is 8.77. The van der Waals surface area contributed by atoms with E-state index in [-0.39, 0.29) is 21.7 Å². The zero-order valence-corrected chi connectivity index (χ0v) is 30.1. The zero-order chi connectivity index (χ0) is 31.8. The average Bonchev–Trinajstić information content (AvgIpc) is 2.88. The van der Waals surface area contributed by atoms with Crippen LogP contribution in [-0.4, -0.2) is 10.2 Å². The summed E-state index contributed by atoms with van der Waals surface area (Å²) in [6.07, 6.45) is 14.3. The smallest absolute Gasteiger partial charge is 0.122 e. The number of hydrogen-bond donors (Lipinski definition) is 2. The first-order valence-electron chi connectivity index (χ1n) is 17.3. The lowest BCUT2D eigenvalue weighted by Crippen LogP contribution is -2.25. The van der Waals surface area contributed by atoms with Gasteiger partial charge in [0.15, 0.2) is 0 Å². The van der Waals surface area contributed by atoms with Crippen molar-refractivity contribution in [2.75, 3.05) is 0 Å². The van der Waals surface area contributed by atoms with Crippen molar-refractivity contribution >= 4 is 11.8 Å². The van der Waals surface area contributed by atoms with E-state index in [2.05, 4.69) is 93.5 Å². The summed E-state index contributed by atoms with van der Waals surface area (Å²) < 4.78 is 0. The Balaban J connectivity index is 1.84. The first-order chi connectivity index (χ1) is 19.9. The predicted molar refractivity (Wildman–Crippen MR) is 186 cm³/mol. The van der Waals surface area contributed by atoms with Gasteiger partial charge in [-0.1, -0.05) is 120 Å². The Morgan fingerprint density at radius 3 is 1.16 bits per heavy atom. The minimum Gasteiger partial charge on any atom is -0.507 e. The van der Waals surface area contributed by atoms with Crippen molar-refractivity contribution in [2.45, 2.75) is 179 Å². The van der Waals surface area contributed by atoms with Crippen LogP contribution in [-0.2, 0) is 10.8 Å². The highest BCUT2D eigenvalue weighted by Crippen LogP contribution is 2.50. The minimum absolute atomic E-state index is 0.148. The molecular weight excluding hydrogens is 545 g/mol.